The smallest absolute Gasteiger partial charge is 0.253 e. The van der Waals surface area contributed by atoms with Gasteiger partial charge in [0.1, 0.15) is 5.75 Å². The third-order valence-corrected chi connectivity index (χ3v) is 5.27. The van der Waals surface area contributed by atoms with Gasteiger partial charge in [0, 0.05) is 25.2 Å². The maximum Gasteiger partial charge on any atom is 0.253 e. The molecule has 0 aliphatic heterocycles. The maximum atomic E-state index is 12.8. The van der Waals surface area contributed by atoms with Crippen LogP contribution in [0.4, 0.5) is 5.69 Å². The van der Waals surface area contributed by atoms with Gasteiger partial charge in [-0.1, -0.05) is 60.7 Å². The Labute approximate surface area is 198 Å². The number of nitrogens with one attached hydrogen (secondary N) is 2. The fourth-order valence-electron chi connectivity index (χ4n) is 3.14. The lowest BCUT2D eigenvalue weighted by molar-refractivity contribution is -0.115. The highest BCUT2D eigenvalue weighted by Gasteiger charge is 2.17. The normalized spacial score (nSPS) is 10.5. The van der Waals surface area contributed by atoms with Crippen molar-refractivity contribution in [2.45, 2.75) is 6.54 Å². The van der Waals surface area contributed by atoms with Crippen LogP contribution in [-0.4, -0.2) is 31.1 Å². The summed E-state index contributed by atoms with van der Waals surface area (Å²) in [6.07, 6.45) is 3.04. The average molecular weight is 460 g/mol. The minimum Gasteiger partial charge on any atom is -0.496 e. The van der Waals surface area contributed by atoms with Crippen LogP contribution in [0.2, 0.25) is 0 Å². The topological polar surface area (TPSA) is 70.7 Å². The summed E-state index contributed by atoms with van der Waals surface area (Å²) in [6, 6.07) is 24.1. The van der Waals surface area contributed by atoms with Crippen LogP contribution >= 0.6 is 12.2 Å². The first-order chi connectivity index (χ1) is 16.0. The van der Waals surface area contributed by atoms with E-state index in [4.69, 9.17) is 17.0 Å². The van der Waals surface area contributed by atoms with E-state index in [0.29, 0.717) is 23.5 Å². The van der Waals surface area contributed by atoms with Crippen molar-refractivity contribution in [1.29, 1.82) is 0 Å². The lowest BCUT2D eigenvalue weighted by Crippen LogP contribution is -2.40. The fourth-order valence-corrected chi connectivity index (χ4v) is 3.34. The van der Waals surface area contributed by atoms with Gasteiger partial charge in [-0.3, -0.25) is 14.9 Å². The van der Waals surface area contributed by atoms with E-state index < -0.39 is 0 Å². The summed E-state index contributed by atoms with van der Waals surface area (Å²) < 4.78 is 5.28. The van der Waals surface area contributed by atoms with Gasteiger partial charge in [0.25, 0.3) is 5.91 Å². The fraction of sp³-hybridized carbons (Fsp3) is 0.115. The number of carbonyl (C=O) groups is 2. The molecular formula is C26H25N3O3S. The minimum atomic E-state index is -0.385. The molecular weight excluding hydrogens is 434 g/mol. The Balaban J connectivity index is 1.66. The lowest BCUT2D eigenvalue weighted by atomic mass is 10.1. The zero-order chi connectivity index (χ0) is 23.6. The lowest BCUT2D eigenvalue weighted by Gasteiger charge is -2.22. The number of methoxy groups -OCH3 is 1. The number of para-hydroxylation sites is 2. The first-order valence-corrected chi connectivity index (χ1v) is 10.7. The van der Waals surface area contributed by atoms with E-state index in [1.54, 1.807) is 43.3 Å². The molecule has 0 atom stereocenters. The highest BCUT2D eigenvalue weighted by molar-refractivity contribution is 7.80. The highest BCUT2D eigenvalue weighted by Crippen LogP contribution is 2.20. The molecule has 7 heteroatoms. The Morgan fingerprint density at radius 1 is 0.970 bits per heavy atom. The first kappa shape index (κ1) is 23.7. The van der Waals surface area contributed by atoms with Crippen LogP contribution in [-0.2, 0) is 11.3 Å². The molecule has 0 fully saturated rings. The Kier molecular flexibility index (Phi) is 8.32. The van der Waals surface area contributed by atoms with E-state index in [1.807, 2.05) is 60.7 Å². The number of ether oxygens (including phenoxy) is 1. The zero-order valence-electron chi connectivity index (χ0n) is 18.4. The summed E-state index contributed by atoms with van der Waals surface area (Å²) in [5.41, 5.74) is 2.82. The van der Waals surface area contributed by atoms with E-state index in [1.165, 1.54) is 6.08 Å². The Morgan fingerprint density at radius 3 is 2.39 bits per heavy atom. The summed E-state index contributed by atoms with van der Waals surface area (Å²) in [4.78, 5) is 26.8. The average Bonchev–Trinajstić information content (AvgIpc) is 2.86. The van der Waals surface area contributed by atoms with E-state index >= 15 is 0 Å². The number of thiocarbonyl (C=S) groups is 1. The summed E-state index contributed by atoms with van der Waals surface area (Å²) in [5.74, 6) is 0.0481. The molecule has 3 rings (SSSR count). The molecule has 0 bridgehead atoms. The predicted octanol–water partition coefficient (Wildman–Crippen LogP) is 4.18. The maximum absolute atomic E-state index is 12.8. The van der Waals surface area contributed by atoms with Gasteiger partial charge in [-0.05, 0) is 42.1 Å². The van der Waals surface area contributed by atoms with Crippen LogP contribution in [0.5, 0.6) is 5.75 Å². The number of carbonyl (C=O) groups excluding carboxylic acids is 2. The van der Waals surface area contributed by atoms with Gasteiger partial charge in [0.15, 0.2) is 5.11 Å². The first-order valence-electron chi connectivity index (χ1n) is 10.3. The summed E-state index contributed by atoms with van der Waals surface area (Å²) in [6.45, 7) is 0.409. The molecule has 0 saturated heterocycles. The van der Waals surface area contributed by atoms with Crippen molar-refractivity contribution in [1.82, 2.24) is 10.6 Å². The van der Waals surface area contributed by atoms with Crippen molar-refractivity contribution in [2.75, 3.05) is 19.1 Å². The van der Waals surface area contributed by atoms with Crippen molar-refractivity contribution in [3.8, 4) is 5.75 Å². The van der Waals surface area contributed by atoms with Crippen LogP contribution in [0.25, 0.3) is 6.08 Å². The Morgan fingerprint density at radius 2 is 1.64 bits per heavy atom. The van der Waals surface area contributed by atoms with Gasteiger partial charge in [-0.15, -0.1) is 0 Å². The molecule has 6 nitrogen and oxygen atoms in total. The number of nitrogens with zero attached hydrogens (tertiary/aromatic N) is 1. The van der Waals surface area contributed by atoms with Crippen molar-refractivity contribution in [3.63, 3.8) is 0 Å². The monoisotopic (exact) mass is 459 g/mol. The minimum absolute atomic E-state index is 0.174. The van der Waals surface area contributed by atoms with Crippen molar-refractivity contribution < 1.29 is 14.3 Å². The van der Waals surface area contributed by atoms with Crippen LogP contribution < -0.4 is 20.3 Å². The molecule has 0 heterocycles. The standard InChI is InChI=1S/C26H25N3O3S/c1-29(26(33)28-24(30)17-16-20-12-6-9-15-23(20)32-2)22-14-8-7-13-21(22)25(31)27-18-19-10-4-3-5-11-19/h3-17H,18H2,1-2H3,(H,27,31)(H,28,30,33)/b17-16+. The van der Waals surface area contributed by atoms with Gasteiger partial charge in [0.2, 0.25) is 5.91 Å². The van der Waals surface area contributed by atoms with Gasteiger partial charge in [-0.25, -0.2) is 0 Å². The van der Waals surface area contributed by atoms with Crippen LogP contribution in [0, 0.1) is 0 Å². The van der Waals surface area contributed by atoms with Gasteiger partial charge in [-0.2, -0.15) is 0 Å². The van der Waals surface area contributed by atoms with E-state index in [0.717, 1.165) is 11.1 Å². The summed E-state index contributed by atoms with van der Waals surface area (Å²) in [7, 11) is 3.28. The second-order valence-electron chi connectivity index (χ2n) is 7.11. The molecule has 3 aromatic carbocycles. The summed E-state index contributed by atoms with van der Waals surface area (Å²) >= 11 is 5.41. The SMILES string of the molecule is COc1ccccc1/C=C/C(=O)NC(=S)N(C)c1ccccc1C(=O)NCc1ccccc1. The van der Waals surface area contributed by atoms with E-state index in [-0.39, 0.29) is 16.9 Å². The zero-order valence-corrected chi connectivity index (χ0v) is 19.3. The van der Waals surface area contributed by atoms with Crippen LogP contribution in [0.1, 0.15) is 21.5 Å². The molecule has 2 N–H and O–H groups in total. The number of anilines is 1. The molecule has 0 unspecified atom stereocenters. The van der Waals surface area contributed by atoms with Crippen molar-refractivity contribution in [2.24, 2.45) is 0 Å². The highest BCUT2D eigenvalue weighted by atomic mass is 32.1. The van der Waals surface area contributed by atoms with Crippen molar-refractivity contribution in [3.05, 3.63) is 102 Å². The Hall–Kier alpha value is -3.97. The molecule has 0 radical (unpaired) electrons. The third-order valence-electron chi connectivity index (χ3n) is 4.89. The van der Waals surface area contributed by atoms with Crippen LogP contribution in [0.3, 0.4) is 0 Å². The molecule has 0 spiro atoms. The Bertz CT molecular complexity index is 1160. The molecule has 33 heavy (non-hydrogen) atoms. The van der Waals surface area contributed by atoms with Gasteiger partial charge >= 0.3 is 0 Å². The van der Waals surface area contributed by atoms with Gasteiger partial charge in [0.05, 0.1) is 18.4 Å². The van der Waals surface area contributed by atoms with E-state index in [9.17, 15) is 9.59 Å². The number of benzene rings is 3. The predicted molar refractivity (Wildman–Crippen MR) is 135 cm³/mol. The molecule has 2 amide bonds. The quantitative estimate of drug-likeness (QED) is 0.410. The second kappa shape index (κ2) is 11.6. The molecule has 0 aliphatic carbocycles. The van der Waals surface area contributed by atoms with E-state index in [2.05, 4.69) is 10.6 Å². The molecule has 3 aromatic rings. The number of hydrogen-bond donors (Lipinski definition) is 2. The van der Waals surface area contributed by atoms with Crippen molar-refractivity contribution >= 4 is 40.9 Å². The number of amides is 2. The number of rotatable bonds is 7. The largest absolute Gasteiger partial charge is 0.496 e. The van der Waals surface area contributed by atoms with Crippen LogP contribution in [0.15, 0.2) is 84.9 Å². The van der Waals surface area contributed by atoms with Gasteiger partial charge < -0.3 is 15.0 Å². The number of hydrogen-bond acceptors (Lipinski definition) is 4. The summed E-state index contributed by atoms with van der Waals surface area (Å²) in [5, 5.41) is 5.76. The molecule has 0 aliphatic rings. The molecule has 168 valence electrons. The molecule has 0 aromatic heterocycles. The molecule has 0 saturated carbocycles. The second-order valence-corrected chi connectivity index (χ2v) is 7.50. The third kappa shape index (κ3) is 6.51.